The summed E-state index contributed by atoms with van der Waals surface area (Å²) in [5.74, 6) is -0.0501. The Morgan fingerprint density at radius 2 is 1.88 bits per heavy atom. The number of rotatable bonds is 7. The van der Waals surface area contributed by atoms with Crippen molar-refractivity contribution in [2.45, 2.75) is 11.7 Å². The van der Waals surface area contributed by atoms with E-state index in [9.17, 15) is 14.0 Å². The number of nitrogens with zero attached hydrogens (tertiary/aromatic N) is 2. The largest absolute Gasteiger partial charge is 0.497 e. The van der Waals surface area contributed by atoms with E-state index in [4.69, 9.17) is 4.74 Å². The minimum absolute atomic E-state index is 0.0171. The molecule has 1 amide bonds. The standard InChI is InChI=1S/C24H20FN3O3S/c1-31-18-9-6-8-17(13-18)28-23(30)19-10-3-5-12-21(19)27-24(28)32-15-22(29)26-14-16-7-2-4-11-20(16)25/h2-13H,14-15H2,1H3,(H,26,29). The summed E-state index contributed by atoms with van der Waals surface area (Å²) in [4.78, 5) is 30.3. The molecule has 0 spiro atoms. The van der Waals surface area contributed by atoms with Crippen LogP contribution in [0.15, 0.2) is 82.7 Å². The monoisotopic (exact) mass is 449 g/mol. The second-order valence-corrected chi connectivity index (χ2v) is 7.85. The minimum Gasteiger partial charge on any atom is -0.497 e. The minimum atomic E-state index is -0.372. The van der Waals surface area contributed by atoms with E-state index < -0.39 is 0 Å². The Kier molecular flexibility index (Phi) is 6.51. The third kappa shape index (κ3) is 4.65. The summed E-state index contributed by atoms with van der Waals surface area (Å²) >= 11 is 1.14. The van der Waals surface area contributed by atoms with E-state index in [-0.39, 0.29) is 29.6 Å². The SMILES string of the molecule is COc1cccc(-n2c(SCC(=O)NCc3ccccc3F)nc3ccccc3c2=O)c1. The number of hydrogen-bond donors (Lipinski definition) is 1. The second kappa shape index (κ2) is 9.65. The zero-order valence-corrected chi connectivity index (χ0v) is 18.1. The fourth-order valence-corrected chi connectivity index (χ4v) is 4.05. The van der Waals surface area contributed by atoms with Gasteiger partial charge in [0.2, 0.25) is 5.91 Å². The highest BCUT2D eigenvalue weighted by Crippen LogP contribution is 2.23. The summed E-state index contributed by atoms with van der Waals surface area (Å²) in [7, 11) is 1.55. The molecule has 162 valence electrons. The van der Waals surface area contributed by atoms with Crippen molar-refractivity contribution in [1.29, 1.82) is 0 Å². The summed E-state index contributed by atoms with van der Waals surface area (Å²) in [6.07, 6.45) is 0. The zero-order chi connectivity index (χ0) is 22.5. The third-order valence-electron chi connectivity index (χ3n) is 4.82. The first kappa shape index (κ1) is 21.6. The molecule has 0 aliphatic heterocycles. The summed E-state index contributed by atoms with van der Waals surface area (Å²) in [6, 6.07) is 20.4. The van der Waals surface area contributed by atoms with Crippen molar-refractivity contribution in [2.24, 2.45) is 0 Å². The number of hydrogen-bond acceptors (Lipinski definition) is 5. The maximum absolute atomic E-state index is 13.8. The smallest absolute Gasteiger partial charge is 0.266 e. The van der Waals surface area contributed by atoms with E-state index in [2.05, 4.69) is 10.3 Å². The van der Waals surface area contributed by atoms with Gasteiger partial charge in [-0.2, -0.15) is 0 Å². The number of carbonyl (C=O) groups excluding carboxylic acids is 1. The van der Waals surface area contributed by atoms with Crippen molar-refractivity contribution < 1.29 is 13.9 Å². The quantitative estimate of drug-likeness (QED) is 0.342. The van der Waals surface area contributed by atoms with Gasteiger partial charge in [0, 0.05) is 18.2 Å². The van der Waals surface area contributed by atoms with Gasteiger partial charge in [-0.1, -0.05) is 48.2 Å². The van der Waals surface area contributed by atoms with Crippen molar-refractivity contribution in [3.63, 3.8) is 0 Å². The average Bonchev–Trinajstić information content (AvgIpc) is 2.82. The van der Waals surface area contributed by atoms with Crippen LogP contribution in [0.3, 0.4) is 0 Å². The van der Waals surface area contributed by atoms with Gasteiger partial charge in [-0.15, -0.1) is 0 Å². The summed E-state index contributed by atoms with van der Waals surface area (Å²) < 4.78 is 20.5. The van der Waals surface area contributed by atoms with Crippen LogP contribution in [0.5, 0.6) is 5.75 Å². The van der Waals surface area contributed by atoms with Crippen LogP contribution >= 0.6 is 11.8 Å². The van der Waals surface area contributed by atoms with Gasteiger partial charge in [0.25, 0.3) is 5.56 Å². The second-order valence-electron chi connectivity index (χ2n) is 6.91. The lowest BCUT2D eigenvalue weighted by molar-refractivity contribution is -0.118. The van der Waals surface area contributed by atoms with Gasteiger partial charge >= 0.3 is 0 Å². The van der Waals surface area contributed by atoms with E-state index in [1.54, 1.807) is 73.8 Å². The molecule has 1 heterocycles. The van der Waals surface area contributed by atoms with Crippen LogP contribution < -0.4 is 15.6 Å². The molecule has 1 N–H and O–H groups in total. The Labute approximate surface area is 188 Å². The first-order chi connectivity index (χ1) is 15.6. The molecule has 0 saturated carbocycles. The number of nitrogens with one attached hydrogen (secondary N) is 1. The van der Waals surface area contributed by atoms with Crippen LogP contribution in [-0.4, -0.2) is 28.3 Å². The van der Waals surface area contributed by atoms with Crippen LogP contribution in [0.25, 0.3) is 16.6 Å². The highest BCUT2D eigenvalue weighted by molar-refractivity contribution is 7.99. The molecule has 0 unspecified atom stereocenters. The molecule has 4 aromatic rings. The number of thioether (sulfide) groups is 1. The Hall–Kier alpha value is -3.65. The number of benzene rings is 3. The fraction of sp³-hybridized carbons (Fsp3) is 0.125. The maximum atomic E-state index is 13.8. The number of amides is 1. The van der Waals surface area contributed by atoms with E-state index in [1.165, 1.54) is 10.6 Å². The molecular weight excluding hydrogens is 429 g/mol. The van der Waals surface area contributed by atoms with Crippen molar-refractivity contribution in [3.05, 3.63) is 94.5 Å². The van der Waals surface area contributed by atoms with Crippen LogP contribution in [-0.2, 0) is 11.3 Å². The number of aromatic nitrogens is 2. The normalized spacial score (nSPS) is 10.8. The highest BCUT2D eigenvalue weighted by Gasteiger charge is 2.15. The lowest BCUT2D eigenvalue weighted by atomic mass is 10.2. The average molecular weight is 450 g/mol. The molecular formula is C24H20FN3O3S. The molecule has 4 rings (SSSR count). The molecule has 0 saturated heterocycles. The molecule has 8 heteroatoms. The van der Waals surface area contributed by atoms with Gasteiger partial charge in [0.05, 0.1) is 29.5 Å². The molecule has 0 aliphatic carbocycles. The molecule has 32 heavy (non-hydrogen) atoms. The highest BCUT2D eigenvalue weighted by atomic mass is 32.2. The van der Waals surface area contributed by atoms with Gasteiger partial charge in [-0.25, -0.2) is 9.37 Å². The lowest BCUT2D eigenvalue weighted by Gasteiger charge is -2.14. The van der Waals surface area contributed by atoms with Crippen LogP contribution in [0.1, 0.15) is 5.56 Å². The van der Waals surface area contributed by atoms with Crippen molar-refractivity contribution >= 4 is 28.6 Å². The molecule has 1 aromatic heterocycles. The zero-order valence-electron chi connectivity index (χ0n) is 17.2. The number of methoxy groups -OCH3 is 1. The summed E-state index contributed by atoms with van der Waals surface area (Å²) in [5.41, 5.74) is 1.30. The molecule has 0 fully saturated rings. The fourth-order valence-electron chi connectivity index (χ4n) is 3.20. The van der Waals surface area contributed by atoms with E-state index in [0.717, 1.165) is 11.8 Å². The van der Waals surface area contributed by atoms with Gasteiger partial charge in [0.15, 0.2) is 5.16 Å². The summed E-state index contributed by atoms with van der Waals surface area (Å²) in [6.45, 7) is 0.0832. The molecule has 3 aromatic carbocycles. The van der Waals surface area contributed by atoms with Crippen molar-refractivity contribution in [1.82, 2.24) is 14.9 Å². The Morgan fingerprint density at radius 1 is 1.09 bits per heavy atom. The third-order valence-corrected chi connectivity index (χ3v) is 5.76. The molecule has 0 aliphatic rings. The van der Waals surface area contributed by atoms with Crippen molar-refractivity contribution in [2.75, 3.05) is 12.9 Å². The molecule has 0 radical (unpaired) electrons. The molecule has 0 bridgehead atoms. The van der Waals surface area contributed by atoms with Crippen LogP contribution in [0.4, 0.5) is 4.39 Å². The van der Waals surface area contributed by atoms with E-state index in [1.807, 2.05) is 0 Å². The lowest BCUT2D eigenvalue weighted by Crippen LogP contribution is -2.26. The molecule has 0 atom stereocenters. The van der Waals surface area contributed by atoms with Crippen LogP contribution in [0.2, 0.25) is 0 Å². The maximum Gasteiger partial charge on any atom is 0.266 e. The first-order valence-corrected chi connectivity index (χ1v) is 10.8. The Bertz CT molecular complexity index is 1340. The van der Waals surface area contributed by atoms with Crippen molar-refractivity contribution in [3.8, 4) is 11.4 Å². The Morgan fingerprint density at radius 3 is 2.69 bits per heavy atom. The predicted molar refractivity (Wildman–Crippen MR) is 123 cm³/mol. The van der Waals surface area contributed by atoms with Gasteiger partial charge in [0.1, 0.15) is 11.6 Å². The first-order valence-electron chi connectivity index (χ1n) is 9.86. The predicted octanol–water partition coefficient (Wildman–Crippen LogP) is 3.94. The van der Waals surface area contributed by atoms with Gasteiger partial charge in [-0.3, -0.25) is 14.2 Å². The number of para-hydroxylation sites is 1. The van der Waals surface area contributed by atoms with E-state index in [0.29, 0.717) is 33.1 Å². The Balaban J connectivity index is 1.61. The summed E-state index contributed by atoms with van der Waals surface area (Å²) in [5, 5.41) is 3.56. The van der Waals surface area contributed by atoms with Gasteiger partial charge in [-0.05, 0) is 30.3 Å². The number of fused-ring (bicyclic) bond motifs is 1. The topological polar surface area (TPSA) is 73.2 Å². The number of ether oxygens (including phenoxy) is 1. The number of carbonyl (C=O) groups is 1. The molecule has 6 nitrogen and oxygen atoms in total. The number of halogens is 1. The van der Waals surface area contributed by atoms with Gasteiger partial charge < -0.3 is 10.1 Å². The van der Waals surface area contributed by atoms with E-state index >= 15 is 0 Å². The van der Waals surface area contributed by atoms with Crippen LogP contribution in [0, 0.1) is 5.82 Å².